The predicted molar refractivity (Wildman–Crippen MR) is 79.2 cm³/mol. The maximum atomic E-state index is 12.4. The van der Waals surface area contributed by atoms with E-state index in [1.807, 2.05) is 6.92 Å². The van der Waals surface area contributed by atoms with Crippen LogP contribution >= 0.6 is 15.9 Å². The minimum atomic E-state index is -1.13. The number of benzene rings is 1. The molecule has 1 atom stereocenters. The summed E-state index contributed by atoms with van der Waals surface area (Å²) in [5.74, 6) is -1.68. The molecule has 1 unspecified atom stereocenters. The van der Waals surface area contributed by atoms with Crippen LogP contribution in [0.25, 0.3) is 0 Å². The summed E-state index contributed by atoms with van der Waals surface area (Å²) in [7, 11) is 0. The first-order chi connectivity index (χ1) is 9.76. The van der Waals surface area contributed by atoms with Crippen molar-refractivity contribution in [1.29, 1.82) is 0 Å². The van der Waals surface area contributed by atoms with Gasteiger partial charge < -0.3 is 10.0 Å². The summed E-state index contributed by atoms with van der Waals surface area (Å²) < 4.78 is 0.388. The van der Waals surface area contributed by atoms with Crippen LogP contribution in [0.2, 0.25) is 0 Å². The zero-order valence-electron chi connectivity index (χ0n) is 11.6. The molecule has 7 nitrogen and oxygen atoms in total. The number of aliphatic carboxylic acids is 1. The van der Waals surface area contributed by atoms with Gasteiger partial charge in [0.05, 0.1) is 4.92 Å². The molecule has 0 radical (unpaired) electrons. The first-order valence-electron chi connectivity index (χ1n) is 6.24. The Bertz CT molecular complexity index is 576. The van der Waals surface area contributed by atoms with E-state index in [9.17, 15) is 19.7 Å². The van der Waals surface area contributed by atoms with Gasteiger partial charge in [-0.25, -0.2) is 0 Å². The summed E-state index contributed by atoms with van der Waals surface area (Å²) in [5.41, 5.74) is -0.148. The molecule has 1 aromatic carbocycles. The molecule has 1 amide bonds. The number of carbonyl (C=O) groups excluding carboxylic acids is 1. The Hall–Kier alpha value is -1.96. The van der Waals surface area contributed by atoms with Gasteiger partial charge in [0.2, 0.25) is 0 Å². The molecule has 0 saturated carbocycles. The smallest absolute Gasteiger partial charge is 0.323 e. The quantitative estimate of drug-likeness (QED) is 0.622. The number of carboxylic acid groups (broad SMARTS) is 1. The third-order valence-corrected chi connectivity index (χ3v) is 3.49. The van der Waals surface area contributed by atoms with Crippen LogP contribution < -0.4 is 0 Å². The van der Waals surface area contributed by atoms with Crippen LogP contribution in [0.4, 0.5) is 5.69 Å². The molecule has 0 aromatic heterocycles. The van der Waals surface area contributed by atoms with E-state index in [-0.39, 0.29) is 17.3 Å². The monoisotopic (exact) mass is 358 g/mol. The number of nitrogens with zero attached hydrogens (tertiary/aromatic N) is 2. The Morgan fingerprint density at radius 2 is 2.05 bits per heavy atom. The molecule has 0 aliphatic rings. The molecular weight excluding hydrogens is 344 g/mol. The van der Waals surface area contributed by atoms with E-state index in [0.717, 1.165) is 6.07 Å². The van der Waals surface area contributed by atoms with Gasteiger partial charge in [-0.3, -0.25) is 19.7 Å². The third-order valence-electron chi connectivity index (χ3n) is 3.03. The number of carboxylic acids is 1. The molecule has 0 aliphatic heterocycles. The summed E-state index contributed by atoms with van der Waals surface area (Å²) >= 11 is 3.11. The summed E-state index contributed by atoms with van der Waals surface area (Å²) in [6.45, 7) is 3.11. The fourth-order valence-corrected chi connectivity index (χ4v) is 2.24. The lowest BCUT2D eigenvalue weighted by molar-refractivity contribution is -0.385. The van der Waals surface area contributed by atoms with Gasteiger partial charge in [0, 0.05) is 28.2 Å². The van der Waals surface area contributed by atoms with Crippen molar-refractivity contribution in [2.24, 2.45) is 0 Å². The number of hydrogen-bond acceptors (Lipinski definition) is 4. The fourth-order valence-electron chi connectivity index (χ4n) is 1.76. The van der Waals surface area contributed by atoms with Crippen LogP contribution in [0.3, 0.4) is 0 Å². The molecule has 8 heteroatoms. The number of halogens is 1. The van der Waals surface area contributed by atoms with Crippen molar-refractivity contribution in [2.75, 3.05) is 6.54 Å². The second kappa shape index (κ2) is 7.16. The second-order valence-corrected chi connectivity index (χ2v) is 5.45. The maximum absolute atomic E-state index is 12.4. The average Bonchev–Trinajstić information content (AvgIpc) is 2.42. The van der Waals surface area contributed by atoms with E-state index >= 15 is 0 Å². The molecule has 0 spiro atoms. The lowest BCUT2D eigenvalue weighted by atomic mass is 10.1. The van der Waals surface area contributed by atoms with Crippen molar-refractivity contribution in [2.45, 2.75) is 26.3 Å². The van der Waals surface area contributed by atoms with Gasteiger partial charge in [-0.2, -0.15) is 0 Å². The number of rotatable bonds is 6. The highest BCUT2D eigenvalue weighted by molar-refractivity contribution is 9.10. The Morgan fingerprint density at radius 1 is 1.43 bits per heavy atom. The first kappa shape index (κ1) is 17.1. The van der Waals surface area contributed by atoms with Crippen molar-refractivity contribution < 1.29 is 19.6 Å². The highest BCUT2D eigenvalue weighted by Crippen LogP contribution is 2.23. The van der Waals surface area contributed by atoms with Gasteiger partial charge in [0.15, 0.2) is 0 Å². The highest BCUT2D eigenvalue weighted by atomic mass is 79.9. The number of nitro groups is 1. The predicted octanol–water partition coefficient (Wildman–Crippen LogP) is 2.68. The summed E-state index contributed by atoms with van der Waals surface area (Å²) in [6, 6.07) is 3.57. The molecule has 0 heterocycles. The number of carbonyl (C=O) groups is 2. The Balaban J connectivity index is 3.19. The Labute approximate surface area is 129 Å². The number of non-ortho nitro benzene ring substituents is 1. The zero-order valence-corrected chi connectivity index (χ0v) is 13.2. The topological polar surface area (TPSA) is 101 Å². The van der Waals surface area contributed by atoms with Crippen molar-refractivity contribution in [1.82, 2.24) is 4.90 Å². The van der Waals surface area contributed by atoms with Gasteiger partial charge in [0.25, 0.3) is 11.6 Å². The lowest BCUT2D eigenvalue weighted by Crippen LogP contribution is -2.41. The third kappa shape index (κ3) is 4.52. The second-order valence-electron chi connectivity index (χ2n) is 4.54. The molecule has 1 rings (SSSR count). The highest BCUT2D eigenvalue weighted by Gasteiger charge is 2.24. The summed E-state index contributed by atoms with van der Waals surface area (Å²) in [4.78, 5) is 34.7. The number of amides is 1. The van der Waals surface area contributed by atoms with Crippen molar-refractivity contribution >= 4 is 33.5 Å². The largest absolute Gasteiger partial charge is 0.480 e. The molecular formula is C13H15BrN2O5. The normalized spacial score (nSPS) is 11.8. The van der Waals surface area contributed by atoms with E-state index in [4.69, 9.17) is 5.11 Å². The molecule has 0 fully saturated rings. The molecule has 1 aromatic rings. The van der Waals surface area contributed by atoms with Crippen LogP contribution in [-0.4, -0.2) is 39.4 Å². The molecule has 0 saturated heterocycles. The van der Waals surface area contributed by atoms with E-state index in [2.05, 4.69) is 15.9 Å². The molecule has 114 valence electrons. The standard InChI is InChI=1S/C13H15BrN2O5/c1-3-8(2)15(7-12(17)18)13(19)9-4-10(14)6-11(5-9)16(20)21/h4-6,8H,3,7H2,1-2H3,(H,17,18). The van der Waals surface area contributed by atoms with Crippen LogP contribution in [0.5, 0.6) is 0 Å². The van der Waals surface area contributed by atoms with Crippen molar-refractivity contribution in [3.63, 3.8) is 0 Å². The SMILES string of the molecule is CCC(C)N(CC(=O)O)C(=O)c1cc(Br)cc([N+](=O)[O-])c1. The van der Waals surface area contributed by atoms with E-state index < -0.39 is 23.3 Å². The van der Waals surface area contributed by atoms with Gasteiger partial charge in [-0.05, 0) is 19.4 Å². The molecule has 0 bridgehead atoms. The Kier molecular flexibility index (Phi) is 5.83. The van der Waals surface area contributed by atoms with E-state index in [1.165, 1.54) is 17.0 Å². The van der Waals surface area contributed by atoms with Gasteiger partial charge in [0.1, 0.15) is 6.54 Å². The van der Waals surface area contributed by atoms with Crippen LogP contribution in [0.15, 0.2) is 22.7 Å². The molecule has 1 N–H and O–H groups in total. The summed E-state index contributed by atoms with van der Waals surface area (Å²) in [6.07, 6.45) is 0.578. The van der Waals surface area contributed by atoms with Crippen molar-refractivity contribution in [3.05, 3.63) is 38.3 Å². The van der Waals surface area contributed by atoms with Crippen LogP contribution in [-0.2, 0) is 4.79 Å². The van der Waals surface area contributed by atoms with Gasteiger partial charge in [-0.15, -0.1) is 0 Å². The molecule has 21 heavy (non-hydrogen) atoms. The Morgan fingerprint density at radius 3 is 2.52 bits per heavy atom. The molecule has 0 aliphatic carbocycles. The van der Waals surface area contributed by atoms with Gasteiger partial charge in [-0.1, -0.05) is 22.9 Å². The number of nitro benzene ring substituents is 1. The average molecular weight is 359 g/mol. The summed E-state index contributed by atoms with van der Waals surface area (Å²) in [5, 5.41) is 19.7. The van der Waals surface area contributed by atoms with E-state index in [0.29, 0.717) is 10.9 Å². The maximum Gasteiger partial charge on any atom is 0.323 e. The lowest BCUT2D eigenvalue weighted by Gasteiger charge is -2.27. The minimum Gasteiger partial charge on any atom is -0.480 e. The van der Waals surface area contributed by atoms with Gasteiger partial charge >= 0.3 is 5.97 Å². The minimum absolute atomic E-state index is 0.0811. The van der Waals surface area contributed by atoms with Crippen LogP contribution in [0, 0.1) is 10.1 Å². The fraction of sp³-hybridized carbons (Fsp3) is 0.385. The van der Waals surface area contributed by atoms with E-state index in [1.54, 1.807) is 6.92 Å². The van der Waals surface area contributed by atoms with Crippen LogP contribution in [0.1, 0.15) is 30.6 Å². The first-order valence-corrected chi connectivity index (χ1v) is 7.03. The number of hydrogen-bond donors (Lipinski definition) is 1. The van der Waals surface area contributed by atoms with Crippen molar-refractivity contribution in [3.8, 4) is 0 Å². The zero-order chi connectivity index (χ0) is 16.2.